The molecule has 0 fully saturated rings. The number of fused-ring (bicyclic) bond motifs is 4. The van der Waals surface area contributed by atoms with Crippen molar-refractivity contribution in [2.45, 2.75) is 6.92 Å². The van der Waals surface area contributed by atoms with Crippen molar-refractivity contribution in [3.05, 3.63) is 60.2 Å². The molecular formula is C17H12O. The third-order valence-corrected chi connectivity index (χ3v) is 3.56. The predicted octanol–water partition coefficient (Wildman–Crippen LogP) is 5.05. The number of furan rings is 1. The van der Waals surface area contributed by atoms with Gasteiger partial charge < -0.3 is 4.42 Å². The Morgan fingerprint density at radius 2 is 1.56 bits per heavy atom. The van der Waals surface area contributed by atoms with E-state index in [1.165, 1.54) is 27.1 Å². The first-order chi connectivity index (χ1) is 8.83. The van der Waals surface area contributed by atoms with Crippen LogP contribution >= 0.6 is 0 Å². The molecule has 0 saturated carbocycles. The van der Waals surface area contributed by atoms with E-state index in [9.17, 15) is 0 Å². The van der Waals surface area contributed by atoms with Gasteiger partial charge in [0.25, 0.3) is 0 Å². The van der Waals surface area contributed by atoms with Gasteiger partial charge in [-0.2, -0.15) is 0 Å². The summed E-state index contributed by atoms with van der Waals surface area (Å²) in [5.41, 5.74) is 3.16. The van der Waals surface area contributed by atoms with Gasteiger partial charge in [0.15, 0.2) is 0 Å². The second-order valence-corrected chi connectivity index (χ2v) is 4.75. The summed E-state index contributed by atoms with van der Waals surface area (Å²) < 4.78 is 5.99. The number of benzene rings is 3. The van der Waals surface area contributed by atoms with Crippen LogP contribution < -0.4 is 0 Å². The average molecular weight is 232 g/mol. The first-order valence-electron chi connectivity index (χ1n) is 6.13. The molecule has 1 nitrogen and oxygen atoms in total. The molecule has 1 heteroatoms. The van der Waals surface area contributed by atoms with Crippen LogP contribution in [0.15, 0.2) is 59.0 Å². The van der Waals surface area contributed by atoms with Gasteiger partial charge in [0, 0.05) is 10.8 Å². The Hall–Kier alpha value is -2.28. The second-order valence-electron chi connectivity index (χ2n) is 4.75. The van der Waals surface area contributed by atoms with Crippen molar-refractivity contribution in [1.29, 1.82) is 0 Å². The van der Waals surface area contributed by atoms with E-state index in [0.29, 0.717) is 0 Å². The van der Waals surface area contributed by atoms with Crippen LogP contribution in [0.3, 0.4) is 0 Å². The van der Waals surface area contributed by atoms with E-state index >= 15 is 0 Å². The van der Waals surface area contributed by atoms with Gasteiger partial charge in [0.2, 0.25) is 0 Å². The fraction of sp³-hybridized carbons (Fsp3) is 0.0588. The Morgan fingerprint density at radius 3 is 2.39 bits per heavy atom. The van der Waals surface area contributed by atoms with E-state index in [1.54, 1.807) is 0 Å². The molecule has 1 heterocycles. The fourth-order valence-electron chi connectivity index (χ4n) is 2.62. The van der Waals surface area contributed by atoms with Crippen LogP contribution in [0.5, 0.6) is 0 Å². The lowest BCUT2D eigenvalue weighted by molar-refractivity contribution is 0.666. The number of hydrogen-bond donors (Lipinski definition) is 0. The summed E-state index contributed by atoms with van der Waals surface area (Å²) in [5.74, 6) is 0. The highest BCUT2D eigenvalue weighted by Crippen LogP contribution is 2.33. The largest absolute Gasteiger partial charge is 0.456 e. The molecule has 0 radical (unpaired) electrons. The third kappa shape index (κ3) is 1.22. The summed E-state index contributed by atoms with van der Waals surface area (Å²) in [6, 6.07) is 19.0. The Balaban J connectivity index is 2.27. The summed E-state index contributed by atoms with van der Waals surface area (Å²) in [4.78, 5) is 0. The molecule has 0 unspecified atom stereocenters. The van der Waals surface area contributed by atoms with Gasteiger partial charge in [-0.25, -0.2) is 0 Å². The Morgan fingerprint density at radius 1 is 0.778 bits per heavy atom. The van der Waals surface area contributed by atoms with Gasteiger partial charge >= 0.3 is 0 Å². The lowest BCUT2D eigenvalue weighted by atomic mass is 10.1. The van der Waals surface area contributed by atoms with E-state index in [-0.39, 0.29) is 0 Å². The second kappa shape index (κ2) is 3.36. The van der Waals surface area contributed by atoms with Crippen LogP contribution in [0.4, 0.5) is 0 Å². The number of hydrogen-bond acceptors (Lipinski definition) is 1. The first-order valence-corrected chi connectivity index (χ1v) is 6.13. The standard InChI is InChI=1S/C17H12O/c1-11-5-4-8-14-15-9-12-6-2-3-7-13(12)10-16(15)18-17(11)14/h2-10H,1H3. The molecule has 0 atom stereocenters. The summed E-state index contributed by atoms with van der Waals surface area (Å²) in [6.45, 7) is 2.09. The monoisotopic (exact) mass is 232 g/mol. The van der Waals surface area contributed by atoms with Crippen LogP contribution in [0.25, 0.3) is 32.7 Å². The fourth-order valence-corrected chi connectivity index (χ4v) is 2.62. The number of para-hydroxylation sites is 1. The Kier molecular flexibility index (Phi) is 1.81. The smallest absolute Gasteiger partial charge is 0.138 e. The molecular weight excluding hydrogens is 220 g/mol. The van der Waals surface area contributed by atoms with Crippen molar-refractivity contribution >= 4 is 32.7 Å². The van der Waals surface area contributed by atoms with Crippen molar-refractivity contribution < 1.29 is 4.42 Å². The van der Waals surface area contributed by atoms with Gasteiger partial charge in [-0.05, 0) is 35.4 Å². The maximum atomic E-state index is 5.99. The minimum atomic E-state index is 0.970. The topological polar surface area (TPSA) is 13.1 Å². The summed E-state index contributed by atoms with van der Waals surface area (Å²) in [5, 5.41) is 4.89. The van der Waals surface area contributed by atoms with E-state index in [4.69, 9.17) is 4.42 Å². The normalized spacial score (nSPS) is 11.6. The quantitative estimate of drug-likeness (QED) is 0.413. The van der Waals surface area contributed by atoms with Crippen LogP contribution in [0.2, 0.25) is 0 Å². The third-order valence-electron chi connectivity index (χ3n) is 3.56. The predicted molar refractivity (Wildman–Crippen MR) is 76.0 cm³/mol. The van der Waals surface area contributed by atoms with Crippen LogP contribution in [0, 0.1) is 6.92 Å². The average Bonchev–Trinajstić information content (AvgIpc) is 2.76. The molecule has 0 bridgehead atoms. The maximum Gasteiger partial charge on any atom is 0.138 e. The van der Waals surface area contributed by atoms with Crippen LogP contribution in [-0.2, 0) is 0 Å². The lowest BCUT2D eigenvalue weighted by Gasteiger charge is -1.96. The summed E-state index contributed by atoms with van der Waals surface area (Å²) in [6.07, 6.45) is 0. The van der Waals surface area contributed by atoms with Crippen molar-refractivity contribution in [2.24, 2.45) is 0 Å². The SMILES string of the molecule is Cc1cccc2c1oc1cc3ccccc3cc12. The molecule has 4 aromatic rings. The zero-order valence-electron chi connectivity index (χ0n) is 10.1. The Bertz CT molecular complexity index is 884. The zero-order chi connectivity index (χ0) is 12.1. The van der Waals surface area contributed by atoms with Crippen LogP contribution in [0.1, 0.15) is 5.56 Å². The van der Waals surface area contributed by atoms with Crippen molar-refractivity contribution in [2.75, 3.05) is 0 Å². The minimum Gasteiger partial charge on any atom is -0.456 e. The lowest BCUT2D eigenvalue weighted by Crippen LogP contribution is -1.72. The van der Waals surface area contributed by atoms with E-state index < -0.39 is 0 Å². The van der Waals surface area contributed by atoms with Crippen molar-refractivity contribution in [3.63, 3.8) is 0 Å². The molecule has 0 N–H and O–H groups in total. The van der Waals surface area contributed by atoms with Gasteiger partial charge in [-0.3, -0.25) is 0 Å². The van der Waals surface area contributed by atoms with E-state index in [2.05, 4.69) is 61.5 Å². The molecule has 18 heavy (non-hydrogen) atoms. The van der Waals surface area contributed by atoms with Crippen molar-refractivity contribution in [1.82, 2.24) is 0 Å². The van der Waals surface area contributed by atoms with Crippen molar-refractivity contribution in [3.8, 4) is 0 Å². The molecule has 0 amide bonds. The molecule has 0 aliphatic carbocycles. The summed E-state index contributed by atoms with van der Waals surface area (Å²) >= 11 is 0. The number of rotatable bonds is 0. The molecule has 1 aromatic heterocycles. The highest BCUT2D eigenvalue weighted by molar-refractivity contribution is 6.10. The molecule has 0 spiro atoms. The minimum absolute atomic E-state index is 0.970. The molecule has 4 rings (SSSR count). The first kappa shape index (κ1) is 9.72. The summed E-state index contributed by atoms with van der Waals surface area (Å²) in [7, 11) is 0. The van der Waals surface area contributed by atoms with Gasteiger partial charge in [0.1, 0.15) is 11.2 Å². The zero-order valence-corrected chi connectivity index (χ0v) is 10.1. The molecule has 86 valence electrons. The molecule has 0 aliphatic rings. The van der Waals surface area contributed by atoms with Gasteiger partial charge in [-0.1, -0.05) is 42.5 Å². The molecule has 3 aromatic carbocycles. The highest BCUT2D eigenvalue weighted by atomic mass is 16.3. The molecule has 0 saturated heterocycles. The van der Waals surface area contributed by atoms with E-state index in [0.717, 1.165) is 11.2 Å². The van der Waals surface area contributed by atoms with Crippen LogP contribution in [-0.4, -0.2) is 0 Å². The highest BCUT2D eigenvalue weighted by Gasteiger charge is 2.09. The van der Waals surface area contributed by atoms with Gasteiger partial charge in [-0.15, -0.1) is 0 Å². The molecule has 0 aliphatic heterocycles. The van der Waals surface area contributed by atoms with Gasteiger partial charge in [0.05, 0.1) is 0 Å². The van der Waals surface area contributed by atoms with E-state index in [1.807, 2.05) is 0 Å². The Labute approximate surface area is 105 Å². The maximum absolute atomic E-state index is 5.99. The number of aryl methyl sites for hydroxylation is 1.